The zero-order valence-electron chi connectivity index (χ0n) is 13.1. The van der Waals surface area contributed by atoms with Crippen LogP contribution < -0.4 is 10.0 Å². The maximum Gasteiger partial charge on any atom is 0.244 e. The van der Waals surface area contributed by atoms with E-state index in [2.05, 4.69) is 15.1 Å². The molecule has 7 heteroatoms. The Morgan fingerprint density at radius 2 is 1.95 bits per heavy atom. The highest BCUT2D eigenvalue weighted by atomic mass is 32.2. The molecule has 1 aliphatic rings. The van der Waals surface area contributed by atoms with Gasteiger partial charge >= 0.3 is 0 Å². The van der Waals surface area contributed by atoms with E-state index in [0.717, 1.165) is 44.5 Å². The lowest BCUT2D eigenvalue weighted by Gasteiger charge is -2.13. The first-order chi connectivity index (χ1) is 9.95. The summed E-state index contributed by atoms with van der Waals surface area (Å²) in [6, 6.07) is 0.0823. The summed E-state index contributed by atoms with van der Waals surface area (Å²) in [7, 11) is -3.47. The Morgan fingerprint density at radius 1 is 1.29 bits per heavy atom. The van der Waals surface area contributed by atoms with Gasteiger partial charge < -0.3 is 5.32 Å². The summed E-state index contributed by atoms with van der Waals surface area (Å²) in [5.41, 5.74) is 1.30. The third kappa shape index (κ3) is 3.84. The molecule has 6 nitrogen and oxygen atoms in total. The number of aryl methyl sites for hydroxylation is 1. The Labute approximate surface area is 127 Å². The Morgan fingerprint density at radius 3 is 2.57 bits per heavy atom. The second-order valence-corrected chi connectivity index (χ2v) is 7.33. The summed E-state index contributed by atoms with van der Waals surface area (Å²) in [4.78, 5) is 0.353. The van der Waals surface area contributed by atoms with Crippen LogP contribution in [0.25, 0.3) is 0 Å². The number of hydrogen-bond donors (Lipinski definition) is 2. The fourth-order valence-corrected chi connectivity index (χ4v) is 4.69. The molecule has 21 heavy (non-hydrogen) atoms. The second kappa shape index (κ2) is 6.89. The molecular formula is C14H26N4O2S. The SMILES string of the molecule is CCNCCn1nc(C)c(S(=O)(=O)NC2CCCC2)c1C. The summed E-state index contributed by atoms with van der Waals surface area (Å²) >= 11 is 0. The van der Waals surface area contributed by atoms with E-state index < -0.39 is 10.0 Å². The van der Waals surface area contributed by atoms with Crippen molar-refractivity contribution in [3.63, 3.8) is 0 Å². The first-order valence-corrected chi connectivity index (χ1v) is 9.21. The maximum absolute atomic E-state index is 12.6. The van der Waals surface area contributed by atoms with E-state index in [4.69, 9.17) is 0 Å². The minimum absolute atomic E-state index is 0.0823. The molecule has 0 atom stereocenters. The molecule has 1 aromatic rings. The zero-order valence-corrected chi connectivity index (χ0v) is 14.0. The molecule has 0 aliphatic heterocycles. The van der Waals surface area contributed by atoms with Crippen molar-refractivity contribution >= 4 is 10.0 Å². The van der Waals surface area contributed by atoms with Crippen LogP contribution in [0.15, 0.2) is 4.90 Å². The second-order valence-electron chi connectivity index (χ2n) is 5.68. The van der Waals surface area contributed by atoms with Crippen molar-refractivity contribution in [2.24, 2.45) is 0 Å². The predicted octanol–water partition coefficient (Wildman–Crippen LogP) is 1.33. The average Bonchev–Trinajstić information content (AvgIpc) is 2.98. The van der Waals surface area contributed by atoms with Gasteiger partial charge in [0.25, 0.3) is 0 Å². The standard InChI is InChI=1S/C14H26N4O2S/c1-4-15-9-10-18-12(3)14(11(2)16-18)21(19,20)17-13-7-5-6-8-13/h13,15,17H,4-10H2,1-3H3. The molecule has 1 aromatic heterocycles. The van der Waals surface area contributed by atoms with Crippen LogP contribution in [-0.4, -0.2) is 37.3 Å². The Hall–Kier alpha value is -0.920. The lowest BCUT2D eigenvalue weighted by atomic mass is 10.3. The normalized spacial score (nSPS) is 16.7. The van der Waals surface area contributed by atoms with Gasteiger partial charge in [-0.05, 0) is 33.2 Å². The van der Waals surface area contributed by atoms with Crippen LogP contribution in [0.2, 0.25) is 0 Å². The quantitative estimate of drug-likeness (QED) is 0.745. The molecule has 120 valence electrons. The third-order valence-corrected chi connectivity index (χ3v) is 5.78. The van der Waals surface area contributed by atoms with E-state index in [1.807, 2.05) is 13.8 Å². The summed E-state index contributed by atoms with van der Waals surface area (Å²) in [6.07, 6.45) is 4.08. The van der Waals surface area contributed by atoms with E-state index in [9.17, 15) is 8.42 Å². The van der Waals surface area contributed by atoms with E-state index >= 15 is 0 Å². The maximum atomic E-state index is 12.6. The number of sulfonamides is 1. The number of likely N-dealkylation sites (N-methyl/N-ethyl adjacent to an activating group) is 1. The van der Waals surface area contributed by atoms with Gasteiger partial charge in [0.1, 0.15) is 4.90 Å². The molecular weight excluding hydrogens is 288 g/mol. The summed E-state index contributed by atoms with van der Waals surface area (Å²) in [5.74, 6) is 0. The molecule has 1 heterocycles. The minimum Gasteiger partial charge on any atom is -0.315 e. The average molecular weight is 314 g/mol. The number of nitrogens with zero attached hydrogens (tertiary/aromatic N) is 2. The van der Waals surface area contributed by atoms with E-state index in [-0.39, 0.29) is 6.04 Å². The van der Waals surface area contributed by atoms with Gasteiger partial charge in [0, 0.05) is 12.6 Å². The van der Waals surface area contributed by atoms with Crippen LogP contribution in [0.5, 0.6) is 0 Å². The molecule has 1 fully saturated rings. The fourth-order valence-electron chi connectivity index (χ4n) is 2.97. The van der Waals surface area contributed by atoms with Crippen molar-refractivity contribution < 1.29 is 8.42 Å². The largest absolute Gasteiger partial charge is 0.315 e. The van der Waals surface area contributed by atoms with Gasteiger partial charge in [-0.2, -0.15) is 5.10 Å². The highest BCUT2D eigenvalue weighted by molar-refractivity contribution is 7.89. The van der Waals surface area contributed by atoms with Gasteiger partial charge in [-0.25, -0.2) is 13.1 Å². The lowest BCUT2D eigenvalue weighted by molar-refractivity contribution is 0.544. The number of nitrogens with one attached hydrogen (secondary N) is 2. The molecule has 2 N–H and O–H groups in total. The summed E-state index contributed by atoms with van der Waals surface area (Å²) < 4.78 is 29.8. The van der Waals surface area contributed by atoms with Crippen LogP contribution in [0.4, 0.5) is 0 Å². The molecule has 1 saturated carbocycles. The fraction of sp³-hybridized carbons (Fsp3) is 0.786. The Balaban J connectivity index is 2.17. The molecule has 0 amide bonds. The number of rotatable bonds is 7. The number of hydrogen-bond acceptors (Lipinski definition) is 4. The third-order valence-electron chi connectivity index (χ3n) is 4.01. The van der Waals surface area contributed by atoms with Gasteiger partial charge in [0.05, 0.1) is 17.9 Å². The van der Waals surface area contributed by atoms with E-state index in [1.165, 1.54) is 0 Å². The van der Waals surface area contributed by atoms with Crippen molar-refractivity contribution in [2.45, 2.75) is 63.9 Å². The molecule has 2 rings (SSSR count). The topological polar surface area (TPSA) is 76.0 Å². The molecule has 0 aromatic carbocycles. The van der Waals surface area contributed by atoms with Crippen LogP contribution in [0.3, 0.4) is 0 Å². The molecule has 0 radical (unpaired) electrons. The van der Waals surface area contributed by atoms with Crippen LogP contribution in [-0.2, 0) is 16.6 Å². The van der Waals surface area contributed by atoms with Crippen molar-refractivity contribution in [1.82, 2.24) is 19.8 Å². The van der Waals surface area contributed by atoms with Crippen LogP contribution in [0, 0.1) is 13.8 Å². The first kappa shape index (κ1) is 16.5. The molecule has 0 spiro atoms. The Bertz CT molecular complexity index is 574. The summed E-state index contributed by atoms with van der Waals surface area (Å²) in [5, 5.41) is 7.60. The van der Waals surface area contributed by atoms with Gasteiger partial charge in [-0.3, -0.25) is 4.68 Å². The molecule has 1 aliphatic carbocycles. The molecule has 0 saturated heterocycles. The monoisotopic (exact) mass is 314 g/mol. The van der Waals surface area contributed by atoms with Crippen molar-refractivity contribution in [3.8, 4) is 0 Å². The highest BCUT2D eigenvalue weighted by Gasteiger charge is 2.28. The van der Waals surface area contributed by atoms with Crippen LogP contribution in [0.1, 0.15) is 44.0 Å². The van der Waals surface area contributed by atoms with Gasteiger partial charge in [0.2, 0.25) is 10.0 Å². The zero-order chi connectivity index (χ0) is 15.5. The first-order valence-electron chi connectivity index (χ1n) is 7.72. The van der Waals surface area contributed by atoms with Gasteiger partial charge in [0.15, 0.2) is 0 Å². The van der Waals surface area contributed by atoms with Gasteiger partial charge in [-0.1, -0.05) is 19.8 Å². The Kier molecular flexibility index (Phi) is 5.40. The van der Waals surface area contributed by atoms with E-state index in [1.54, 1.807) is 11.6 Å². The lowest BCUT2D eigenvalue weighted by Crippen LogP contribution is -2.33. The highest BCUT2D eigenvalue weighted by Crippen LogP contribution is 2.23. The predicted molar refractivity (Wildman–Crippen MR) is 82.8 cm³/mol. The van der Waals surface area contributed by atoms with Crippen molar-refractivity contribution in [1.29, 1.82) is 0 Å². The van der Waals surface area contributed by atoms with Crippen molar-refractivity contribution in [2.75, 3.05) is 13.1 Å². The summed E-state index contributed by atoms with van der Waals surface area (Å²) in [6.45, 7) is 8.00. The van der Waals surface area contributed by atoms with Crippen molar-refractivity contribution in [3.05, 3.63) is 11.4 Å². The van der Waals surface area contributed by atoms with Crippen LogP contribution >= 0.6 is 0 Å². The molecule has 0 unspecified atom stereocenters. The number of aromatic nitrogens is 2. The smallest absolute Gasteiger partial charge is 0.244 e. The van der Waals surface area contributed by atoms with Gasteiger partial charge in [-0.15, -0.1) is 0 Å². The van der Waals surface area contributed by atoms with E-state index in [0.29, 0.717) is 17.1 Å². The minimum atomic E-state index is -3.47. The molecule has 0 bridgehead atoms.